The van der Waals surface area contributed by atoms with Crippen molar-refractivity contribution >= 4 is 15.9 Å². The first-order valence-electron chi connectivity index (χ1n) is 3.21. The minimum atomic E-state index is -6.91. The van der Waals surface area contributed by atoms with Crippen LogP contribution >= 0.6 is 15.9 Å². The van der Waals surface area contributed by atoms with Crippen molar-refractivity contribution in [1.29, 1.82) is 0 Å². The lowest BCUT2D eigenvalue weighted by Gasteiger charge is -2.32. The third kappa shape index (κ3) is 2.39. The van der Waals surface area contributed by atoms with Gasteiger partial charge in [0.25, 0.3) is 0 Å². The van der Waals surface area contributed by atoms with Crippen LogP contribution in [0.2, 0.25) is 0 Å². The quantitative estimate of drug-likeness (QED) is 0.563. The first kappa shape index (κ1) is 15.8. The Labute approximate surface area is 90.7 Å². The van der Waals surface area contributed by atoms with Gasteiger partial charge in [-0.25, -0.2) is 0 Å². The standard InChI is InChI=1S/C5H2BrF9O/c6-1-16-5(14,15)3(9,10)2(7,8)4(11,12)13/h1H2. The Morgan fingerprint density at radius 2 is 1.12 bits per heavy atom. The topological polar surface area (TPSA) is 9.23 Å². The van der Waals surface area contributed by atoms with E-state index in [0.717, 1.165) is 0 Å². The minimum absolute atomic E-state index is 1.34. The largest absolute Gasteiger partial charge is 0.460 e. The van der Waals surface area contributed by atoms with Crippen molar-refractivity contribution in [3.63, 3.8) is 0 Å². The van der Waals surface area contributed by atoms with Gasteiger partial charge in [0.2, 0.25) is 0 Å². The van der Waals surface area contributed by atoms with Gasteiger partial charge in [0.1, 0.15) is 5.52 Å². The van der Waals surface area contributed by atoms with Gasteiger partial charge in [0.05, 0.1) is 0 Å². The van der Waals surface area contributed by atoms with Gasteiger partial charge in [-0.2, -0.15) is 39.5 Å². The van der Waals surface area contributed by atoms with Crippen LogP contribution in [0.1, 0.15) is 0 Å². The molecule has 0 amide bonds. The molecule has 0 aliphatic heterocycles. The molecule has 0 aliphatic carbocycles. The Bertz CT molecular complexity index is 247. The Kier molecular flexibility index (Phi) is 4.19. The first-order valence-corrected chi connectivity index (χ1v) is 4.33. The van der Waals surface area contributed by atoms with E-state index in [2.05, 4.69) is 4.74 Å². The molecule has 0 unspecified atom stereocenters. The van der Waals surface area contributed by atoms with E-state index in [-0.39, 0.29) is 0 Å². The molecule has 0 aliphatic rings. The van der Waals surface area contributed by atoms with Crippen molar-refractivity contribution in [3.8, 4) is 0 Å². The number of alkyl halides is 10. The van der Waals surface area contributed by atoms with E-state index in [9.17, 15) is 39.5 Å². The number of halogens is 10. The van der Waals surface area contributed by atoms with E-state index >= 15 is 0 Å². The highest BCUT2D eigenvalue weighted by molar-refractivity contribution is 9.09. The average molecular weight is 329 g/mol. The molecule has 16 heavy (non-hydrogen) atoms. The fraction of sp³-hybridized carbons (Fsp3) is 1.00. The molecule has 1 nitrogen and oxygen atoms in total. The van der Waals surface area contributed by atoms with Gasteiger partial charge in [0, 0.05) is 0 Å². The van der Waals surface area contributed by atoms with Crippen molar-refractivity contribution in [2.24, 2.45) is 0 Å². The predicted octanol–water partition coefficient (Wildman–Crippen LogP) is 3.78. The summed E-state index contributed by atoms with van der Waals surface area (Å²) in [5.74, 6) is -13.6. The van der Waals surface area contributed by atoms with Gasteiger partial charge in [0.15, 0.2) is 0 Å². The molecule has 0 aromatic heterocycles. The molecule has 0 atom stereocenters. The lowest BCUT2D eigenvalue weighted by atomic mass is 10.1. The van der Waals surface area contributed by atoms with Gasteiger partial charge >= 0.3 is 24.1 Å². The van der Waals surface area contributed by atoms with Gasteiger partial charge in [-0.1, -0.05) is 15.9 Å². The monoisotopic (exact) mass is 328 g/mol. The van der Waals surface area contributed by atoms with Crippen LogP contribution in [-0.2, 0) is 4.74 Å². The molecule has 0 N–H and O–H groups in total. The fourth-order valence-electron chi connectivity index (χ4n) is 0.520. The Hall–Kier alpha value is -0.190. The third-order valence-electron chi connectivity index (χ3n) is 1.35. The Morgan fingerprint density at radius 3 is 1.38 bits per heavy atom. The molecule has 0 saturated heterocycles. The van der Waals surface area contributed by atoms with Crippen LogP contribution in [0.25, 0.3) is 0 Å². The summed E-state index contributed by atoms with van der Waals surface area (Å²) in [6.45, 7) is 0. The van der Waals surface area contributed by atoms with Crippen molar-refractivity contribution in [2.45, 2.75) is 24.1 Å². The van der Waals surface area contributed by atoms with Crippen molar-refractivity contribution in [2.75, 3.05) is 5.52 Å². The summed E-state index contributed by atoms with van der Waals surface area (Å²) in [6, 6.07) is 0. The van der Waals surface area contributed by atoms with E-state index < -0.39 is 29.6 Å². The molecule has 0 aromatic carbocycles. The van der Waals surface area contributed by atoms with Gasteiger partial charge in [-0.3, -0.25) is 0 Å². The summed E-state index contributed by atoms with van der Waals surface area (Å²) >= 11 is 2.03. The SMILES string of the molecule is FC(F)(F)C(F)(F)C(F)(F)C(F)(F)OCBr. The second-order valence-electron chi connectivity index (χ2n) is 2.42. The molecule has 0 bridgehead atoms. The zero-order valence-electron chi connectivity index (χ0n) is 6.89. The summed E-state index contributed by atoms with van der Waals surface area (Å²) in [7, 11) is 0. The molecule has 11 heteroatoms. The van der Waals surface area contributed by atoms with Crippen LogP contribution in [0, 0.1) is 0 Å². The number of ether oxygens (including phenoxy) is 1. The summed E-state index contributed by atoms with van der Waals surface area (Å²) in [6.07, 6.45) is -12.8. The van der Waals surface area contributed by atoms with Crippen LogP contribution in [0.4, 0.5) is 39.5 Å². The minimum Gasteiger partial charge on any atom is -0.304 e. The van der Waals surface area contributed by atoms with E-state index in [1.54, 1.807) is 0 Å². The zero-order valence-corrected chi connectivity index (χ0v) is 8.48. The second kappa shape index (κ2) is 4.24. The van der Waals surface area contributed by atoms with Crippen molar-refractivity contribution in [3.05, 3.63) is 0 Å². The fourth-order valence-corrected chi connectivity index (χ4v) is 0.807. The summed E-state index contributed by atoms with van der Waals surface area (Å²) in [5.41, 5.74) is -1.34. The molecular formula is C5H2BrF9O. The maximum absolute atomic E-state index is 12.3. The highest BCUT2D eigenvalue weighted by atomic mass is 79.9. The van der Waals surface area contributed by atoms with Crippen LogP contribution in [0.15, 0.2) is 0 Å². The zero-order chi connectivity index (χ0) is 13.4. The van der Waals surface area contributed by atoms with Gasteiger partial charge in [-0.05, 0) is 0 Å². The van der Waals surface area contributed by atoms with Crippen LogP contribution in [0.5, 0.6) is 0 Å². The maximum atomic E-state index is 12.3. The number of hydrogen-bond acceptors (Lipinski definition) is 1. The number of rotatable bonds is 4. The Morgan fingerprint density at radius 1 is 0.750 bits per heavy atom. The van der Waals surface area contributed by atoms with E-state index in [1.807, 2.05) is 15.9 Å². The van der Waals surface area contributed by atoms with E-state index in [4.69, 9.17) is 0 Å². The molecule has 0 heterocycles. The second-order valence-corrected chi connectivity index (χ2v) is 2.87. The first-order chi connectivity index (χ1) is 6.81. The van der Waals surface area contributed by atoms with Crippen LogP contribution in [-0.4, -0.2) is 29.6 Å². The normalized spacial score (nSPS) is 15.4. The highest BCUT2D eigenvalue weighted by Crippen LogP contribution is 2.53. The van der Waals surface area contributed by atoms with Gasteiger partial charge < -0.3 is 4.74 Å². The average Bonchev–Trinajstić information content (AvgIpc) is 2.01. The molecule has 0 saturated carbocycles. The molecule has 0 fully saturated rings. The van der Waals surface area contributed by atoms with Gasteiger partial charge in [-0.15, -0.1) is 0 Å². The van der Waals surface area contributed by atoms with Crippen molar-refractivity contribution < 1.29 is 44.3 Å². The molecule has 0 radical (unpaired) electrons. The maximum Gasteiger partial charge on any atom is 0.460 e. The lowest BCUT2D eigenvalue weighted by molar-refractivity contribution is -0.441. The van der Waals surface area contributed by atoms with E-state index in [0.29, 0.717) is 0 Å². The lowest BCUT2D eigenvalue weighted by Crippen LogP contribution is -2.61. The molecule has 98 valence electrons. The number of hydrogen-bond donors (Lipinski definition) is 0. The van der Waals surface area contributed by atoms with Crippen LogP contribution in [0.3, 0.4) is 0 Å². The summed E-state index contributed by atoms with van der Waals surface area (Å²) < 4.78 is 110. The summed E-state index contributed by atoms with van der Waals surface area (Å²) in [4.78, 5) is 0. The van der Waals surface area contributed by atoms with E-state index in [1.165, 1.54) is 0 Å². The van der Waals surface area contributed by atoms with Crippen molar-refractivity contribution in [1.82, 2.24) is 0 Å². The molecule has 0 rings (SSSR count). The molecule has 0 aromatic rings. The molecular weight excluding hydrogens is 327 g/mol. The smallest absolute Gasteiger partial charge is 0.304 e. The Balaban J connectivity index is 5.34. The predicted molar refractivity (Wildman–Crippen MR) is 35.8 cm³/mol. The third-order valence-corrected chi connectivity index (χ3v) is 1.58. The highest BCUT2D eigenvalue weighted by Gasteiger charge is 2.82. The summed E-state index contributed by atoms with van der Waals surface area (Å²) in [5, 5.41) is 0. The molecule has 0 spiro atoms. The van der Waals surface area contributed by atoms with Crippen LogP contribution < -0.4 is 0 Å².